The molecule has 7 nitrogen and oxygen atoms in total. The third-order valence-electron chi connectivity index (χ3n) is 3.86. The van der Waals surface area contributed by atoms with Gasteiger partial charge in [-0.1, -0.05) is 29.8 Å². The van der Waals surface area contributed by atoms with E-state index in [2.05, 4.69) is 30.2 Å². The Kier molecular flexibility index (Phi) is 4.97. The van der Waals surface area contributed by atoms with Crippen molar-refractivity contribution in [1.29, 1.82) is 0 Å². The van der Waals surface area contributed by atoms with Gasteiger partial charge < -0.3 is 11.5 Å². The average Bonchev–Trinajstić information content (AvgIpc) is 3.08. The number of anilines is 2. The highest BCUT2D eigenvalue weighted by Gasteiger charge is 2.30. The molecule has 4 N–H and O–H groups in total. The van der Waals surface area contributed by atoms with E-state index in [4.69, 9.17) is 0 Å². The number of fused-ring (bicyclic) bond motifs is 1. The molecule has 0 aliphatic carbocycles. The van der Waals surface area contributed by atoms with Gasteiger partial charge in [0, 0.05) is 11.3 Å². The standard InChI is InChI=1S/C18H12F3N5O.H3N/c1-10-4-2-5-11(8-10)14-15(24-17-16(23-14)25-27-26-17)22-13-7-3-6-12(9-13)18(19,20)21;/h2-9H,1H3,(H,22,24,26);1H3. The molecule has 0 unspecified atom stereocenters. The first-order valence-electron chi connectivity index (χ1n) is 7.92. The molecule has 4 rings (SSSR count). The van der Waals surface area contributed by atoms with E-state index in [0.717, 1.165) is 23.3 Å². The largest absolute Gasteiger partial charge is 0.416 e. The van der Waals surface area contributed by atoms with Crippen molar-refractivity contribution < 1.29 is 17.8 Å². The van der Waals surface area contributed by atoms with Gasteiger partial charge in [0.1, 0.15) is 5.69 Å². The van der Waals surface area contributed by atoms with Gasteiger partial charge >= 0.3 is 6.18 Å². The number of aryl methyl sites for hydroxylation is 1. The average molecular weight is 388 g/mol. The van der Waals surface area contributed by atoms with E-state index in [0.29, 0.717) is 5.69 Å². The van der Waals surface area contributed by atoms with Gasteiger partial charge in [-0.2, -0.15) is 13.2 Å². The number of hydrogen-bond acceptors (Lipinski definition) is 7. The quantitative estimate of drug-likeness (QED) is 0.513. The van der Waals surface area contributed by atoms with Crippen LogP contribution in [-0.2, 0) is 6.18 Å². The van der Waals surface area contributed by atoms with Crippen LogP contribution in [0.15, 0.2) is 53.2 Å². The van der Waals surface area contributed by atoms with Crippen LogP contribution in [0, 0.1) is 6.92 Å². The first-order valence-corrected chi connectivity index (χ1v) is 7.92. The number of benzene rings is 2. The van der Waals surface area contributed by atoms with Gasteiger partial charge in [0.05, 0.1) is 5.56 Å². The fourth-order valence-corrected chi connectivity index (χ4v) is 2.63. The van der Waals surface area contributed by atoms with Gasteiger partial charge in [-0.15, -0.1) is 0 Å². The zero-order chi connectivity index (χ0) is 19.0. The van der Waals surface area contributed by atoms with Crippen molar-refractivity contribution in [1.82, 2.24) is 26.4 Å². The zero-order valence-corrected chi connectivity index (χ0v) is 14.7. The van der Waals surface area contributed by atoms with Crippen LogP contribution in [0.5, 0.6) is 0 Å². The van der Waals surface area contributed by atoms with Gasteiger partial charge in [0.2, 0.25) is 11.3 Å². The van der Waals surface area contributed by atoms with E-state index in [1.807, 2.05) is 31.2 Å². The molecule has 2 aromatic carbocycles. The molecule has 4 aromatic rings. The molecular weight excluding hydrogens is 373 g/mol. The number of halogens is 3. The number of aromatic nitrogens is 4. The number of hydrogen-bond donors (Lipinski definition) is 2. The van der Waals surface area contributed by atoms with Crippen molar-refractivity contribution in [3.05, 3.63) is 59.7 Å². The highest BCUT2D eigenvalue weighted by molar-refractivity contribution is 5.81. The summed E-state index contributed by atoms with van der Waals surface area (Å²) < 4.78 is 43.6. The van der Waals surface area contributed by atoms with Crippen LogP contribution < -0.4 is 11.5 Å². The summed E-state index contributed by atoms with van der Waals surface area (Å²) >= 11 is 0. The summed E-state index contributed by atoms with van der Waals surface area (Å²) in [5, 5.41) is 10.2. The molecule has 0 radical (unpaired) electrons. The number of alkyl halides is 3. The Balaban J connectivity index is 0.00000225. The van der Waals surface area contributed by atoms with Crippen molar-refractivity contribution in [3.63, 3.8) is 0 Å². The van der Waals surface area contributed by atoms with Gasteiger partial charge in [-0.3, -0.25) is 0 Å². The maximum absolute atomic E-state index is 13.0. The van der Waals surface area contributed by atoms with Gasteiger partial charge in [0.15, 0.2) is 5.82 Å². The van der Waals surface area contributed by atoms with E-state index < -0.39 is 11.7 Å². The smallest absolute Gasteiger partial charge is 0.344 e. The van der Waals surface area contributed by atoms with Crippen molar-refractivity contribution in [2.24, 2.45) is 0 Å². The molecule has 0 spiro atoms. The Hall–Kier alpha value is -3.53. The van der Waals surface area contributed by atoms with E-state index in [1.165, 1.54) is 12.1 Å². The summed E-state index contributed by atoms with van der Waals surface area (Å²) in [6, 6.07) is 12.3. The molecule has 0 aliphatic heterocycles. The molecule has 0 bridgehead atoms. The lowest BCUT2D eigenvalue weighted by Gasteiger charge is -2.12. The molecule has 0 saturated heterocycles. The van der Waals surface area contributed by atoms with Crippen LogP contribution in [0.2, 0.25) is 0 Å². The second-order valence-electron chi connectivity index (χ2n) is 5.91. The predicted octanol–water partition coefficient (Wildman–Crippen LogP) is 4.91. The van der Waals surface area contributed by atoms with Gasteiger partial charge in [-0.05, 0) is 41.5 Å². The lowest BCUT2D eigenvalue weighted by atomic mass is 10.1. The van der Waals surface area contributed by atoms with Gasteiger partial charge in [0.25, 0.3) is 0 Å². The highest BCUT2D eigenvalue weighted by atomic mass is 19.4. The van der Waals surface area contributed by atoms with Gasteiger partial charge in [-0.25, -0.2) is 14.6 Å². The van der Waals surface area contributed by atoms with Crippen molar-refractivity contribution >= 4 is 22.8 Å². The summed E-state index contributed by atoms with van der Waals surface area (Å²) in [5.74, 6) is 0.253. The van der Waals surface area contributed by atoms with Crippen molar-refractivity contribution in [2.75, 3.05) is 5.32 Å². The molecule has 0 aliphatic rings. The monoisotopic (exact) mass is 388 g/mol. The maximum Gasteiger partial charge on any atom is 0.416 e. The van der Waals surface area contributed by atoms with E-state index in [-0.39, 0.29) is 29.0 Å². The van der Waals surface area contributed by atoms with E-state index in [1.54, 1.807) is 0 Å². The highest BCUT2D eigenvalue weighted by Crippen LogP contribution is 2.33. The fraction of sp³-hybridized carbons (Fsp3) is 0.111. The molecule has 0 fully saturated rings. The zero-order valence-electron chi connectivity index (χ0n) is 14.7. The fourth-order valence-electron chi connectivity index (χ4n) is 2.63. The first kappa shape index (κ1) is 19.2. The summed E-state index contributed by atoms with van der Waals surface area (Å²) in [6.45, 7) is 1.92. The van der Waals surface area contributed by atoms with Crippen molar-refractivity contribution in [3.8, 4) is 11.3 Å². The SMILES string of the molecule is Cc1cccc(-c2nc3nonc3nc2Nc2cccc(C(F)(F)F)c2)c1.N. The second kappa shape index (κ2) is 7.24. The van der Waals surface area contributed by atoms with Crippen LogP contribution in [-0.4, -0.2) is 20.3 Å². The molecule has 0 atom stereocenters. The molecule has 10 heteroatoms. The van der Waals surface area contributed by atoms with Crippen LogP contribution in [0.4, 0.5) is 24.7 Å². The molecule has 0 amide bonds. The van der Waals surface area contributed by atoms with E-state index >= 15 is 0 Å². The Morgan fingerprint density at radius 1 is 0.929 bits per heavy atom. The third kappa shape index (κ3) is 3.76. The Bertz CT molecular complexity index is 1130. The molecule has 2 heterocycles. The van der Waals surface area contributed by atoms with Crippen molar-refractivity contribution in [2.45, 2.75) is 13.1 Å². The topological polar surface area (TPSA) is 112 Å². The van der Waals surface area contributed by atoms with Crippen LogP contribution in [0.25, 0.3) is 22.6 Å². The Morgan fingerprint density at radius 3 is 2.36 bits per heavy atom. The summed E-state index contributed by atoms with van der Waals surface area (Å²) in [4.78, 5) is 8.71. The third-order valence-corrected chi connectivity index (χ3v) is 3.86. The molecule has 0 saturated carbocycles. The second-order valence-corrected chi connectivity index (χ2v) is 5.91. The molecule has 2 aromatic heterocycles. The Labute approximate surface area is 157 Å². The van der Waals surface area contributed by atoms with Crippen LogP contribution in [0.1, 0.15) is 11.1 Å². The number of nitrogens with one attached hydrogen (secondary N) is 1. The molecule has 144 valence electrons. The number of rotatable bonds is 3. The van der Waals surface area contributed by atoms with Crippen LogP contribution >= 0.6 is 0 Å². The minimum Gasteiger partial charge on any atom is -0.344 e. The predicted molar refractivity (Wildman–Crippen MR) is 97.3 cm³/mol. The first-order chi connectivity index (χ1) is 12.9. The minimum atomic E-state index is -4.44. The minimum absolute atomic E-state index is 0. The summed E-state index contributed by atoms with van der Waals surface area (Å²) in [6.07, 6.45) is -4.44. The van der Waals surface area contributed by atoms with Crippen LogP contribution in [0.3, 0.4) is 0 Å². The summed E-state index contributed by atoms with van der Waals surface area (Å²) in [5.41, 5.74) is 1.99. The Morgan fingerprint density at radius 2 is 1.64 bits per heavy atom. The lowest BCUT2D eigenvalue weighted by Crippen LogP contribution is -2.06. The molecule has 28 heavy (non-hydrogen) atoms. The lowest BCUT2D eigenvalue weighted by molar-refractivity contribution is -0.137. The normalized spacial score (nSPS) is 11.3. The van der Waals surface area contributed by atoms with E-state index in [9.17, 15) is 13.2 Å². The number of nitrogens with zero attached hydrogens (tertiary/aromatic N) is 4. The summed E-state index contributed by atoms with van der Waals surface area (Å²) in [7, 11) is 0. The maximum atomic E-state index is 13.0. The molecular formula is C18H15F3N6O.